The lowest BCUT2D eigenvalue weighted by Gasteiger charge is -2.21. The van der Waals surface area contributed by atoms with Crippen molar-refractivity contribution < 1.29 is 14.7 Å². The van der Waals surface area contributed by atoms with Crippen LogP contribution >= 0.6 is 15.9 Å². The van der Waals surface area contributed by atoms with Gasteiger partial charge in [0.25, 0.3) is 0 Å². The molecule has 0 bridgehead atoms. The average Bonchev–Trinajstić information content (AvgIpc) is 2.31. The van der Waals surface area contributed by atoms with Gasteiger partial charge in [-0.2, -0.15) is 0 Å². The molecule has 0 heterocycles. The summed E-state index contributed by atoms with van der Waals surface area (Å²) in [7, 11) is 1.50. The summed E-state index contributed by atoms with van der Waals surface area (Å²) in [4.78, 5) is 23.9. The number of hydrogen-bond donors (Lipinski definition) is 1. The van der Waals surface area contributed by atoms with Gasteiger partial charge in [0, 0.05) is 11.5 Å². The van der Waals surface area contributed by atoms with Gasteiger partial charge in [0.2, 0.25) is 5.91 Å². The minimum absolute atomic E-state index is 0.201. The second kappa shape index (κ2) is 6.00. The molecule has 0 radical (unpaired) electrons. The van der Waals surface area contributed by atoms with Crippen LogP contribution in [0.15, 0.2) is 22.7 Å². The molecule has 0 saturated heterocycles. The number of carbonyl (C=O) groups excluding carboxylic acids is 1. The number of hydrogen-bond acceptors (Lipinski definition) is 2. The third kappa shape index (κ3) is 3.57. The largest absolute Gasteiger partial charge is 0.480 e. The molecular formula is C13H16BrNO3. The fraction of sp³-hybridized carbons (Fsp3) is 0.385. The molecule has 1 rings (SSSR count). The Bertz CT molecular complexity index is 473. The van der Waals surface area contributed by atoms with Crippen molar-refractivity contribution in [2.45, 2.75) is 26.3 Å². The molecule has 1 amide bonds. The van der Waals surface area contributed by atoms with E-state index in [4.69, 9.17) is 5.11 Å². The highest BCUT2D eigenvalue weighted by molar-refractivity contribution is 9.10. The Morgan fingerprint density at radius 3 is 2.56 bits per heavy atom. The summed E-state index contributed by atoms with van der Waals surface area (Å²) in [6.07, 6.45) is 0.201. The summed E-state index contributed by atoms with van der Waals surface area (Å²) < 4.78 is 0.946. The number of likely N-dealkylation sites (N-methyl/N-ethyl adjacent to an activating group) is 1. The van der Waals surface area contributed by atoms with Crippen molar-refractivity contribution in [2.75, 3.05) is 7.05 Å². The van der Waals surface area contributed by atoms with Gasteiger partial charge in [-0.25, -0.2) is 4.79 Å². The first-order valence-electron chi connectivity index (χ1n) is 5.56. The Kier molecular flexibility index (Phi) is 4.90. The minimum Gasteiger partial charge on any atom is -0.480 e. The van der Waals surface area contributed by atoms with E-state index < -0.39 is 12.0 Å². The maximum Gasteiger partial charge on any atom is 0.326 e. The van der Waals surface area contributed by atoms with Crippen molar-refractivity contribution in [3.8, 4) is 0 Å². The Hall–Kier alpha value is -1.36. The van der Waals surface area contributed by atoms with Gasteiger partial charge in [0.15, 0.2) is 0 Å². The van der Waals surface area contributed by atoms with Crippen LogP contribution in [0.4, 0.5) is 0 Å². The zero-order chi connectivity index (χ0) is 13.9. The molecule has 5 heteroatoms. The van der Waals surface area contributed by atoms with Gasteiger partial charge in [-0.15, -0.1) is 0 Å². The smallest absolute Gasteiger partial charge is 0.326 e. The topological polar surface area (TPSA) is 57.6 Å². The number of nitrogens with zero attached hydrogens (tertiary/aromatic N) is 1. The quantitative estimate of drug-likeness (QED) is 0.927. The SMILES string of the molecule is Cc1ccc(CC(=O)N(C)C(C)C(=O)O)cc1Br. The predicted molar refractivity (Wildman–Crippen MR) is 72.5 cm³/mol. The highest BCUT2D eigenvalue weighted by atomic mass is 79.9. The van der Waals surface area contributed by atoms with E-state index in [1.807, 2.05) is 25.1 Å². The van der Waals surface area contributed by atoms with Crippen molar-refractivity contribution in [3.05, 3.63) is 33.8 Å². The zero-order valence-corrected chi connectivity index (χ0v) is 12.2. The fourth-order valence-electron chi connectivity index (χ4n) is 1.43. The van der Waals surface area contributed by atoms with Gasteiger partial charge in [0.1, 0.15) is 6.04 Å². The van der Waals surface area contributed by atoms with Gasteiger partial charge < -0.3 is 10.0 Å². The Morgan fingerprint density at radius 1 is 1.44 bits per heavy atom. The maximum absolute atomic E-state index is 11.9. The molecule has 0 aliphatic rings. The van der Waals surface area contributed by atoms with Crippen LogP contribution in [0.1, 0.15) is 18.1 Å². The molecule has 0 fully saturated rings. The molecule has 98 valence electrons. The van der Waals surface area contributed by atoms with Crippen LogP contribution in [0.25, 0.3) is 0 Å². The van der Waals surface area contributed by atoms with E-state index in [0.717, 1.165) is 15.6 Å². The van der Waals surface area contributed by atoms with Gasteiger partial charge in [-0.05, 0) is 31.0 Å². The number of carboxylic acids is 1. The van der Waals surface area contributed by atoms with E-state index in [9.17, 15) is 9.59 Å². The highest BCUT2D eigenvalue weighted by Crippen LogP contribution is 2.18. The number of carboxylic acid groups (broad SMARTS) is 1. The second-order valence-electron chi connectivity index (χ2n) is 4.28. The maximum atomic E-state index is 11.9. The van der Waals surface area contributed by atoms with E-state index in [2.05, 4.69) is 15.9 Å². The summed E-state index contributed by atoms with van der Waals surface area (Å²) in [5.74, 6) is -1.21. The number of aliphatic carboxylic acids is 1. The normalized spacial score (nSPS) is 12.0. The Labute approximate surface area is 115 Å². The molecule has 0 saturated carbocycles. The lowest BCUT2D eigenvalue weighted by atomic mass is 10.1. The zero-order valence-electron chi connectivity index (χ0n) is 10.6. The second-order valence-corrected chi connectivity index (χ2v) is 5.13. The van der Waals surface area contributed by atoms with Crippen LogP contribution in [-0.4, -0.2) is 35.0 Å². The van der Waals surface area contributed by atoms with Crippen molar-refractivity contribution in [1.29, 1.82) is 0 Å². The third-order valence-electron chi connectivity index (χ3n) is 2.92. The number of halogens is 1. The van der Waals surface area contributed by atoms with Crippen LogP contribution in [0.3, 0.4) is 0 Å². The van der Waals surface area contributed by atoms with Crippen LogP contribution in [-0.2, 0) is 16.0 Å². The summed E-state index contributed by atoms with van der Waals surface area (Å²) >= 11 is 3.41. The van der Waals surface area contributed by atoms with Crippen LogP contribution in [0, 0.1) is 6.92 Å². The monoisotopic (exact) mass is 313 g/mol. The molecule has 1 unspecified atom stereocenters. The van der Waals surface area contributed by atoms with Gasteiger partial charge in [-0.1, -0.05) is 28.1 Å². The average molecular weight is 314 g/mol. The Morgan fingerprint density at radius 2 is 2.06 bits per heavy atom. The fourth-order valence-corrected chi connectivity index (χ4v) is 1.85. The number of rotatable bonds is 4. The van der Waals surface area contributed by atoms with Crippen molar-refractivity contribution in [2.24, 2.45) is 0 Å². The molecule has 0 aromatic heterocycles. The summed E-state index contributed by atoms with van der Waals surface area (Å²) in [6, 6.07) is 4.86. The molecule has 0 spiro atoms. The standard InChI is InChI=1S/C13H16BrNO3/c1-8-4-5-10(6-11(8)14)7-12(16)15(3)9(2)13(17)18/h4-6,9H,7H2,1-3H3,(H,17,18). The molecule has 0 aliphatic heterocycles. The Balaban J connectivity index is 2.75. The van der Waals surface area contributed by atoms with Crippen LogP contribution in [0.2, 0.25) is 0 Å². The highest BCUT2D eigenvalue weighted by Gasteiger charge is 2.21. The lowest BCUT2D eigenvalue weighted by Crippen LogP contribution is -2.41. The van der Waals surface area contributed by atoms with Crippen molar-refractivity contribution >= 4 is 27.8 Å². The van der Waals surface area contributed by atoms with Crippen molar-refractivity contribution in [1.82, 2.24) is 4.90 Å². The van der Waals surface area contributed by atoms with E-state index in [1.165, 1.54) is 18.9 Å². The van der Waals surface area contributed by atoms with Gasteiger partial charge in [0.05, 0.1) is 6.42 Å². The molecule has 1 aromatic rings. The summed E-state index contributed by atoms with van der Waals surface area (Å²) in [5, 5.41) is 8.85. The number of benzene rings is 1. The lowest BCUT2D eigenvalue weighted by molar-refractivity contribution is -0.147. The van der Waals surface area contributed by atoms with Crippen molar-refractivity contribution in [3.63, 3.8) is 0 Å². The van der Waals surface area contributed by atoms with Gasteiger partial charge >= 0.3 is 5.97 Å². The van der Waals surface area contributed by atoms with Gasteiger partial charge in [-0.3, -0.25) is 4.79 Å². The molecule has 1 N–H and O–H groups in total. The van der Waals surface area contributed by atoms with Crippen LogP contribution in [0.5, 0.6) is 0 Å². The first-order valence-corrected chi connectivity index (χ1v) is 6.35. The molecule has 1 aromatic carbocycles. The first-order chi connectivity index (χ1) is 8.32. The van der Waals surface area contributed by atoms with E-state index >= 15 is 0 Å². The number of carbonyl (C=O) groups is 2. The first kappa shape index (κ1) is 14.7. The number of amides is 1. The molecule has 0 aliphatic carbocycles. The summed E-state index contributed by atoms with van der Waals surface area (Å²) in [5.41, 5.74) is 1.96. The molecule has 18 heavy (non-hydrogen) atoms. The minimum atomic E-state index is -1.00. The van der Waals surface area contributed by atoms with Crippen LogP contribution < -0.4 is 0 Å². The third-order valence-corrected chi connectivity index (χ3v) is 3.78. The van der Waals surface area contributed by atoms with E-state index in [0.29, 0.717) is 0 Å². The number of aryl methyl sites for hydroxylation is 1. The molecule has 1 atom stereocenters. The van der Waals surface area contributed by atoms with E-state index in [-0.39, 0.29) is 12.3 Å². The predicted octanol–water partition coefficient (Wildman–Crippen LogP) is 2.23. The molecular weight excluding hydrogens is 298 g/mol. The molecule has 4 nitrogen and oxygen atoms in total. The van der Waals surface area contributed by atoms with E-state index in [1.54, 1.807) is 0 Å². The summed E-state index contributed by atoms with van der Waals surface area (Å²) in [6.45, 7) is 3.46.